The minimum absolute atomic E-state index is 0.166. The summed E-state index contributed by atoms with van der Waals surface area (Å²) < 4.78 is 0. The zero-order chi connectivity index (χ0) is 13.0. The molecular weight excluding hydrogens is 246 g/mol. The molecule has 0 aliphatic carbocycles. The normalized spacial score (nSPS) is 20.1. The van der Waals surface area contributed by atoms with Gasteiger partial charge in [-0.2, -0.15) is 0 Å². The van der Waals surface area contributed by atoms with Gasteiger partial charge in [0.15, 0.2) is 0 Å². The SMILES string of the molecule is CCc1ccsc1C(=O)N1CCCCC1CCO. The van der Waals surface area contributed by atoms with Crippen LogP contribution in [0.4, 0.5) is 0 Å². The zero-order valence-corrected chi connectivity index (χ0v) is 11.7. The second-order valence-corrected chi connectivity index (χ2v) is 5.71. The minimum Gasteiger partial charge on any atom is -0.396 e. The lowest BCUT2D eigenvalue weighted by atomic mass is 9.99. The Labute approximate surface area is 112 Å². The number of hydrogen-bond donors (Lipinski definition) is 1. The first-order valence-corrected chi connectivity index (χ1v) is 7.64. The first-order chi connectivity index (χ1) is 8.77. The molecule has 1 amide bonds. The van der Waals surface area contributed by atoms with E-state index in [0.717, 1.165) is 36.2 Å². The molecule has 0 radical (unpaired) electrons. The van der Waals surface area contributed by atoms with Crippen LogP contribution in [0.3, 0.4) is 0 Å². The number of thiophene rings is 1. The van der Waals surface area contributed by atoms with Crippen molar-refractivity contribution in [3.63, 3.8) is 0 Å². The maximum Gasteiger partial charge on any atom is 0.264 e. The molecule has 4 heteroatoms. The molecule has 1 aliphatic heterocycles. The van der Waals surface area contributed by atoms with Crippen LogP contribution in [0, 0.1) is 0 Å². The van der Waals surface area contributed by atoms with Gasteiger partial charge in [0, 0.05) is 19.2 Å². The van der Waals surface area contributed by atoms with E-state index in [1.165, 1.54) is 6.42 Å². The van der Waals surface area contributed by atoms with Gasteiger partial charge in [0.05, 0.1) is 4.88 Å². The number of amides is 1. The summed E-state index contributed by atoms with van der Waals surface area (Å²) in [5.74, 6) is 0.167. The van der Waals surface area contributed by atoms with E-state index in [2.05, 4.69) is 6.92 Å². The Kier molecular flexibility index (Phi) is 4.78. The lowest BCUT2D eigenvalue weighted by molar-refractivity contribution is 0.0578. The van der Waals surface area contributed by atoms with Gasteiger partial charge in [-0.3, -0.25) is 4.79 Å². The topological polar surface area (TPSA) is 40.5 Å². The molecule has 1 aliphatic rings. The number of carbonyl (C=O) groups is 1. The average molecular weight is 267 g/mol. The highest BCUT2D eigenvalue weighted by Gasteiger charge is 2.28. The van der Waals surface area contributed by atoms with Gasteiger partial charge in [0.25, 0.3) is 5.91 Å². The standard InChI is InChI=1S/C14H21NO2S/c1-2-11-7-10-18-13(11)14(17)15-8-4-3-5-12(15)6-9-16/h7,10,12,16H,2-6,8-9H2,1H3. The van der Waals surface area contributed by atoms with Crippen molar-refractivity contribution in [2.24, 2.45) is 0 Å². The number of aliphatic hydroxyl groups is 1. The fourth-order valence-electron chi connectivity index (χ4n) is 2.65. The lowest BCUT2D eigenvalue weighted by Gasteiger charge is -2.35. The van der Waals surface area contributed by atoms with E-state index in [4.69, 9.17) is 5.11 Å². The summed E-state index contributed by atoms with van der Waals surface area (Å²) in [4.78, 5) is 15.4. The second-order valence-electron chi connectivity index (χ2n) is 4.79. The summed E-state index contributed by atoms with van der Waals surface area (Å²) >= 11 is 1.54. The highest BCUT2D eigenvalue weighted by atomic mass is 32.1. The summed E-state index contributed by atoms with van der Waals surface area (Å²) in [5, 5.41) is 11.1. The van der Waals surface area contributed by atoms with Gasteiger partial charge in [-0.1, -0.05) is 6.92 Å². The van der Waals surface area contributed by atoms with E-state index in [0.29, 0.717) is 6.42 Å². The third-order valence-electron chi connectivity index (χ3n) is 3.67. The zero-order valence-electron chi connectivity index (χ0n) is 10.9. The van der Waals surface area contributed by atoms with Gasteiger partial charge in [0.1, 0.15) is 0 Å². The Morgan fingerprint density at radius 1 is 1.56 bits per heavy atom. The molecule has 0 spiro atoms. The highest BCUT2D eigenvalue weighted by Crippen LogP contribution is 2.25. The molecule has 2 heterocycles. The van der Waals surface area contributed by atoms with Crippen molar-refractivity contribution < 1.29 is 9.90 Å². The van der Waals surface area contributed by atoms with Crippen molar-refractivity contribution in [2.75, 3.05) is 13.2 Å². The van der Waals surface area contributed by atoms with Crippen LogP contribution in [-0.4, -0.2) is 35.1 Å². The van der Waals surface area contributed by atoms with Crippen LogP contribution in [0.25, 0.3) is 0 Å². The van der Waals surface area contributed by atoms with Crippen molar-refractivity contribution in [2.45, 2.75) is 45.1 Å². The maximum absolute atomic E-state index is 12.6. The van der Waals surface area contributed by atoms with E-state index >= 15 is 0 Å². The number of rotatable bonds is 4. The number of hydrogen-bond acceptors (Lipinski definition) is 3. The van der Waals surface area contributed by atoms with Crippen LogP contribution in [0.15, 0.2) is 11.4 Å². The molecule has 18 heavy (non-hydrogen) atoms. The first kappa shape index (κ1) is 13.6. The molecule has 1 aromatic heterocycles. The second kappa shape index (κ2) is 6.34. The molecule has 1 aromatic rings. The Hall–Kier alpha value is -0.870. The predicted molar refractivity (Wildman–Crippen MR) is 74.1 cm³/mol. The Morgan fingerprint density at radius 2 is 2.39 bits per heavy atom. The van der Waals surface area contributed by atoms with Crippen LogP contribution in [0.2, 0.25) is 0 Å². The van der Waals surface area contributed by atoms with Gasteiger partial charge in [-0.25, -0.2) is 0 Å². The number of piperidine rings is 1. The first-order valence-electron chi connectivity index (χ1n) is 6.76. The van der Waals surface area contributed by atoms with Crippen LogP contribution < -0.4 is 0 Å². The summed E-state index contributed by atoms with van der Waals surface area (Å²) in [6.07, 6.45) is 4.89. The number of carbonyl (C=O) groups excluding carboxylic acids is 1. The lowest BCUT2D eigenvalue weighted by Crippen LogP contribution is -2.44. The molecule has 3 nitrogen and oxygen atoms in total. The molecule has 100 valence electrons. The van der Waals surface area contributed by atoms with Gasteiger partial charge < -0.3 is 10.0 Å². The van der Waals surface area contributed by atoms with E-state index in [-0.39, 0.29) is 18.6 Å². The molecule has 0 saturated carbocycles. The highest BCUT2D eigenvalue weighted by molar-refractivity contribution is 7.12. The van der Waals surface area contributed by atoms with Crippen LogP contribution >= 0.6 is 11.3 Å². The van der Waals surface area contributed by atoms with Crippen LogP contribution in [0.1, 0.15) is 47.8 Å². The summed E-state index contributed by atoms with van der Waals surface area (Å²) in [6.45, 7) is 3.09. The smallest absolute Gasteiger partial charge is 0.264 e. The Bertz CT molecular complexity index is 400. The third kappa shape index (κ3) is 2.75. The number of aliphatic hydroxyl groups excluding tert-OH is 1. The van der Waals surface area contributed by atoms with Crippen molar-refractivity contribution in [1.29, 1.82) is 0 Å². The van der Waals surface area contributed by atoms with Crippen molar-refractivity contribution in [3.8, 4) is 0 Å². The largest absolute Gasteiger partial charge is 0.396 e. The van der Waals surface area contributed by atoms with Gasteiger partial charge in [-0.05, 0) is 49.1 Å². The minimum atomic E-state index is 0.166. The van der Waals surface area contributed by atoms with Crippen LogP contribution in [-0.2, 0) is 6.42 Å². The van der Waals surface area contributed by atoms with Gasteiger partial charge in [0.2, 0.25) is 0 Å². The summed E-state index contributed by atoms with van der Waals surface area (Å²) in [5.41, 5.74) is 1.15. The summed E-state index contributed by atoms with van der Waals surface area (Å²) in [7, 11) is 0. The molecular formula is C14H21NO2S. The summed E-state index contributed by atoms with van der Waals surface area (Å²) in [6, 6.07) is 2.27. The molecule has 0 aromatic carbocycles. The molecule has 1 atom stereocenters. The fraction of sp³-hybridized carbons (Fsp3) is 0.643. The number of likely N-dealkylation sites (tertiary alicyclic amines) is 1. The van der Waals surface area contributed by atoms with Crippen molar-refractivity contribution in [1.82, 2.24) is 4.90 Å². The average Bonchev–Trinajstić information content (AvgIpc) is 2.87. The van der Waals surface area contributed by atoms with E-state index in [1.807, 2.05) is 16.3 Å². The predicted octanol–water partition coefficient (Wildman–Crippen LogP) is 2.69. The van der Waals surface area contributed by atoms with E-state index in [1.54, 1.807) is 11.3 Å². The Balaban J connectivity index is 2.15. The van der Waals surface area contributed by atoms with Crippen molar-refractivity contribution >= 4 is 17.2 Å². The third-order valence-corrected chi connectivity index (χ3v) is 4.62. The van der Waals surface area contributed by atoms with Gasteiger partial charge >= 0.3 is 0 Å². The van der Waals surface area contributed by atoms with E-state index < -0.39 is 0 Å². The molecule has 1 fully saturated rings. The molecule has 1 saturated heterocycles. The Morgan fingerprint density at radius 3 is 3.11 bits per heavy atom. The molecule has 2 rings (SSSR count). The van der Waals surface area contributed by atoms with Gasteiger partial charge in [-0.15, -0.1) is 11.3 Å². The van der Waals surface area contributed by atoms with E-state index in [9.17, 15) is 4.79 Å². The molecule has 1 unspecified atom stereocenters. The van der Waals surface area contributed by atoms with Crippen LogP contribution in [0.5, 0.6) is 0 Å². The number of aryl methyl sites for hydroxylation is 1. The number of nitrogens with zero attached hydrogens (tertiary/aromatic N) is 1. The van der Waals surface area contributed by atoms with Crippen molar-refractivity contribution in [3.05, 3.63) is 21.9 Å². The molecule has 1 N–H and O–H groups in total. The quantitative estimate of drug-likeness (QED) is 0.911. The maximum atomic E-state index is 12.6. The monoisotopic (exact) mass is 267 g/mol. The fourth-order valence-corrected chi connectivity index (χ4v) is 3.60. The molecule has 0 bridgehead atoms.